The van der Waals surface area contributed by atoms with Crippen LogP contribution < -0.4 is 44.9 Å². The van der Waals surface area contributed by atoms with Gasteiger partial charge in [-0.3, -0.25) is 4.55 Å². The molecule has 13 heteroatoms. The maximum Gasteiger partial charge on any atom is 1.00 e. The second kappa shape index (κ2) is 11.5. The first-order valence-corrected chi connectivity index (χ1v) is 11.7. The summed E-state index contributed by atoms with van der Waals surface area (Å²) in [5.74, 6) is -0.130. The van der Waals surface area contributed by atoms with E-state index >= 15 is 0 Å². The molecule has 0 radical (unpaired) electrons. The third-order valence-electron chi connectivity index (χ3n) is 4.09. The summed E-state index contributed by atoms with van der Waals surface area (Å²) in [4.78, 5) is 11.9. The first-order chi connectivity index (χ1) is 14.9. The van der Waals surface area contributed by atoms with Crippen molar-refractivity contribution >= 4 is 73.9 Å². The summed E-state index contributed by atoms with van der Waals surface area (Å²) < 4.78 is 38.8. The Labute approximate surface area is 232 Å². The van der Waals surface area contributed by atoms with Gasteiger partial charge in [-0.05, 0) is 61.0 Å². The maximum absolute atomic E-state index is 12.5. The van der Waals surface area contributed by atoms with E-state index in [0.717, 1.165) is 6.07 Å². The van der Waals surface area contributed by atoms with Gasteiger partial charge >= 0.3 is 35.6 Å². The zero-order chi connectivity index (χ0) is 23.6. The Balaban J connectivity index is 0.00000385. The minimum atomic E-state index is -4.64. The van der Waals surface area contributed by atoms with Gasteiger partial charge in [0.05, 0.1) is 15.7 Å². The topological polar surface area (TPSA) is 105 Å². The SMILES string of the molecule is Cc1cc(Oc2ccc(Cl)cc2NC(=O)Nc2ccc(Cl)c(Cl)c2)c(S(=O)(=O)O)cc1Cl.[Na+]. The molecule has 0 saturated carbocycles. The molecule has 0 fully saturated rings. The van der Waals surface area contributed by atoms with E-state index < -0.39 is 21.0 Å². The molecule has 0 atom stereocenters. The first kappa shape index (κ1) is 28.0. The Hall–Kier alpha value is -1.20. The maximum atomic E-state index is 12.5. The van der Waals surface area contributed by atoms with E-state index in [2.05, 4.69) is 10.6 Å². The number of carbonyl (C=O) groups excluding carboxylic acids is 1. The van der Waals surface area contributed by atoms with Crippen molar-refractivity contribution < 1.29 is 52.1 Å². The molecule has 33 heavy (non-hydrogen) atoms. The molecule has 168 valence electrons. The number of hydrogen-bond acceptors (Lipinski definition) is 4. The van der Waals surface area contributed by atoms with Crippen LogP contribution in [-0.4, -0.2) is 19.0 Å². The average Bonchev–Trinajstić information content (AvgIpc) is 2.68. The Kier molecular flexibility index (Phi) is 9.76. The number of halogens is 4. The summed E-state index contributed by atoms with van der Waals surface area (Å²) >= 11 is 23.8. The van der Waals surface area contributed by atoms with Crippen LogP contribution in [0.2, 0.25) is 20.1 Å². The van der Waals surface area contributed by atoms with Crippen LogP contribution in [0.4, 0.5) is 16.2 Å². The zero-order valence-electron chi connectivity index (χ0n) is 17.1. The Morgan fingerprint density at radius 2 is 1.58 bits per heavy atom. The normalized spacial score (nSPS) is 10.8. The smallest absolute Gasteiger partial charge is 0.454 e. The molecule has 0 unspecified atom stereocenters. The monoisotopic (exact) mass is 557 g/mol. The zero-order valence-corrected chi connectivity index (χ0v) is 23.0. The molecule has 0 aliphatic rings. The van der Waals surface area contributed by atoms with Crippen LogP contribution in [0.25, 0.3) is 0 Å². The third-order valence-corrected chi connectivity index (χ3v) is 6.35. The number of anilines is 2. The fourth-order valence-corrected chi connectivity index (χ4v) is 3.90. The van der Waals surface area contributed by atoms with E-state index in [1.165, 1.54) is 36.4 Å². The van der Waals surface area contributed by atoms with Crippen LogP contribution >= 0.6 is 46.4 Å². The van der Waals surface area contributed by atoms with E-state index in [4.69, 9.17) is 51.1 Å². The molecule has 0 aliphatic heterocycles. The quantitative estimate of drug-likeness (QED) is 0.320. The molecular formula is C20H14Cl4N2NaO5S+. The van der Waals surface area contributed by atoms with Crippen molar-refractivity contribution in [2.24, 2.45) is 0 Å². The molecule has 0 heterocycles. The molecule has 2 amide bonds. The van der Waals surface area contributed by atoms with Crippen molar-refractivity contribution in [1.82, 2.24) is 0 Å². The van der Waals surface area contributed by atoms with Gasteiger partial charge < -0.3 is 15.4 Å². The van der Waals surface area contributed by atoms with Crippen LogP contribution in [0.15, 0.2) is 53.4 Å². The van der Waals surface area contributed by atoms with Crippen molar-refractivity contribution in [3.8, 4) is 11.5 Å². The molecule has 0 bridgehead atoms. The predicted octanol–water partition coefficient (Wildman–Crippen LogP) is 4.30. The van der Waals surface area contributed by atoms with Gasteiger partial charge in [-0.2, -0.15) is 8.42 Å². The van der Waals surface area contributed by atoms with Crippen LogP contribution in [0.5, 0.6) is 11.5 Å². The van der Waals surface area contributed by atoms with E-state index in [9.17, 15) is 17.8 Å². The van der Waals surface area contributed by atoms with Crippen molar-refractivity contribution in [2.45, 2.75) is 11.8 Å². The van der Waals surface area contributed by atoms with E-state index in [-0.39, 0.29) is 61.8 Å². The number of rotatable bonds is 5. The van der Waals surface area contributed by atoms with Gasteiger partial charge in [0.25, 0.3) is 10.1 Å². The molecule has 7 nitrogen and oxygen atoms in total. The average molecular weight is 559 g/mol. The number of urea groups is 1. The van der Waals surface area contributed by atoms with Crippen LogP contribution in [-0.2, 0) is 10.1 Å². The number of benzene rings is 3. The molecule has 3 rings (SSSR count). The first-order valence-electron chi connectivity index (χ1n) is 8.72. The van der Waals surface area contributed by atoms with Gasteiger partial charge in [-0.15, -0.1) is 0 Å². The van der Waals surface area contributed by atoms with Gasteiger partial charge in [0, 0.05) is 15.7 Å². The third kappa shape index (κ3) is 7.39. The molecule has 0 aromatic heterocycles. The van der Waals surface area contributed by atoms with Crippen LogP contribution in [0.1, 0.15) is 5.56 Å². The van der Waals surface area contributed by atoms with E-state index in [1.807, 2.05) is 0 Å². The predicted molar refractivity (Wildman–Crippen MR) is 127 cm³/mol. The molecule has 3 N–H and O–H groups in total. The molecule has 3 aromatic carbocycles. The van der Waals surface area contributed by atoms with Gasteiger partial charge in [-0.1, -0.05) is 46.4 Å². The van der Waals surface area contributed by atoms with Crippen LogP contribution in [0, 0.1) is 6.92 Å². The number of amides is 2. The van der Waals surface area contributed by atoms with Crippen molar-refractivity contribution in [3.63, 3.8) is 0 Å². The standard InChI is InChI=1S/C20H14Cl4N2O5S.Na/c1-10-6-18(19(9-14(10)23)32(28,29)30)31-17-5-2-11(21)7-16(17)26-20(27)25-12-3-4-13(22)15(24)8-12;/h2-9H,1H3,(H2,25,26,27)(H,28,29,30);/q;+1. The summed E-state index contributed by atoms with van der Waals surface area (Å²) in [6.07, 6.45) is 0. The van der Waals surface area contributed by atoms with Gasteiger partial charge in [-0.25, -0.2) is 4.79 Å². The summed E-state index contributed by atoms with van der Waals surface area (Å²) in [6, 6.07) is 10.6. The second-order valence-electron chi connectivity index (χ2n) is 6.47. The van der Waals surface area contributed by atoms with Crippen molar-refractivity contribution in [2.75, 3.05) is 10.6 Å². The summed E-state index contributed by atoms with van der Waals surface area (Å²) in [7, 11) is -4.64. The fourth-order valence-electron chi connectivity index (χ4n) is 2.58. The fraction of sp³-hybridized carbons (Fsp3) is 0.0500. The van der Waals surface area contributed by atoms with Gasteiger partial charge in [0.15, 0.2) is 5.75 Å². The van der Waals surface area contributed by atoms with Crippen LogP contribution in [0.3, 0.4) is 0 Å². The van der Waals surface area contributed by atoms with E-state index in [1.54, 1.807) is 13.0 Å². The summed E-state index contributed by atoms with van der Waals surface area (Å²) in [6.45, 7) is 1.63. The number of nitrogens with one attached hydrogen (secondary N) is 2. The Morgan fingerprint density at radius 3 is 2.21 bits per heavy atom. The minimum absolute atomic E-state index is 0. The van der Waals surface area contributed by atoms with Crippen molar-refractivity contribution in [3.05, 3.63) is 74.2 Å². The Bertz CT molecular complexity index is 1320. The second-order valence-corrected chi connectivity index (χ2v) is 9.52. The Morgan fingerprint density at radius 1 is 0.879 bits per heavy atom. The van der Waals surface area contributed by atoms with Gasteiger partial charge in [0.1, 0.15) is 10.6 Å². The van der Waals surface area contributed by atoms with Gasteiger partial charge in [0.2, 0.25) is 0 Å². The molecule has 0 aliphatic carbocycles. The molecular weight excluding hydrogens is 545 g/mol. The number of ether oxygens (including phenoxy) is 1. The molecule has 0 saturated heterocycles. The number of carbonyl (C=O) groups is 1. The summed E-state index contributed by atoms with van der Waals surface area (Å²) in [5.41, 5.74) is 1.02. The largest absolute Gasteiger partial charge is 1.00 e. The summed E-state index contributed by atoms with van der Waals surface area (Å²) in [5, 5.41) is 6.13. The molecule has 0 spiro atoms. The van der Waals surface area contributed by atoms with E-state index in [0.29, 0.717) is 16.3 Å². The minimum Gasteiger partial charge on any atom is -0.454 e. The van der Waals surface area contributed by atoms with Crippen molar-refractivity contribution in [1.29, 1.82) is 0 Å². The number of hydrogen-bond donors (Lipinski definition) is 3. The molecule has 3 aromatic rings. The number of aryl methyl sites for hydroxylation is 1.